The molecule has 1 spiro atoms. The van der Waals surface area contributed by atoms with E-state index in [1.165, 1.54) is 88.5 Å². The summed E-state index contributed by atoms with van der Waals surface area (Å²) in [7, 11) is 0. The van der Waals surface area contributed by atoms with E-state index in [1.54, 1.807) is 6.92 Å². The van der Waals surface area contributed by atoms with Crippen LogP contribution in [0.1, 0.15) is 88.3 Å². The fraction of sp³-hybridized carbons (Fsp3) is 0.731. The summed E-state index contributed by atoms with van der Waals surface area (Å²) in [4.78, 5) is 14.5. The largest absolute Gasteiger partial charge is 0.349 e. The molecule has 3 fully saturated rings. The number of nitrogens with one attached hydrogen (secondary N) is 1. The highest BCUT2D eigenvalue weighted by Gasteiger charge is 2.45. The second kappa shape index (κ2) is 8.06. The standard InChI is InChI=1S/C26H38N2O/c1-19(29)27-25-17-26(24-8-3-2-7-23(24)25)11-13-28(14-12-26)18-22-10-9-20-5-4-6-21(15-20)16-22/h2-3,7-8,20-22,25H,4-6,9-18H2,1H3,(H,27,29)/t20-,21+,22+,25?/m1/s1. The number of rotatable bonds is 3. The van der Waals surface area contributed by atoms with Crippen LogP contribution < -0.4 is 5.32 Å². The van der Waals surface area contributed by atoms with E-state index in [4.69, 9.17) is 0 Å². The zero-order chi connectivity index (χ0) is 19.8. The minimum absolute atomic E-state index is 0.0952. The summed E-state index contributed by atoms with van der Waals surface area (Å²) in [6.45, 7) is 5.44. The summed E-state index contributed by atoms with van der Waals surface area (Å²) >= 11 is 0. The predicted octanol–water partition coefficient (Wildman–Crippen LogP) is 5.21. The Labute approximate surface area is 176 Å². The van der Waals surface area contributed by atoms with Crippen LogP contribution in [-0.2, 0) is 10.2 Å². The highest BCUT2D eigenvalue weighted by molar-refractivity contribution is 5.73. The van der Waals surface area contributed by atoms with E-state index in [0.29, 0.717) is 0 Å². The number of piperidine rings is 1. The van der Waals surface area contributed by atoms with Crippen LogP contribution in [0.5, 0.6) is 0 Å². The fourth-order valence-electron chi connectivity index (χ4n) is 7.38. The van der Waals surface area contributed by atoms with E-state index in [-0.39, 0.29) is 17.4 Å². The average Bonchev–Trinajstić information content (AvgIpc) is 2.93. The Morgan fingerprint density at radius 2 is 1.86 bits per heavy atom. The van der Waals surface area contributed by atoms with Gasteiger partial charge in [-0.1, -0.05) is 49.9 Å². The smallest absolute Gasteiger partial charge is 0.217 e. The molecular weight excluding hydrogens is 356 g/mol. The van der Waals surface area contributed by atoms with Crippen molar-refractivity contribution in [2.24, 2.45) is 17.8 Å². The number of amides is 1. The van der Waals surface area contributed by atoms with Gasteiger partial charge < -0.3 is 10.2 Å². The van der Waals surface area contributed by atoms with Crippen molar-refractivity contribution in [3.8, 4) is 0 Å². The number of benzene rings is 1. The van der Waals surface area contributed by atoms with Crippen LogP contribution >= 0.6 is 0 Å². The molecule has 2 saturated carbocycles. The molecule has 29 heavy (non-hydrogen) atoms. The number of carbonyl (C=O) groups is 1. The van der Waals surface area contributed by atoms with Crippen molar-refractivity contribution in [3.63, 3.8) is 0 Å². The van der Waals surface area contributed by atoms with Crippen LogP contribution in [0.4, 0.5) is 0 Å². The van der Waals surface area contributed by atoms with Gasteiger partial charge in [0.15, 0.2) is 0 Å². The van der Waals surface area contributed by atoms with Gasteiger partial charge in [0.2, 0.25) is 5.91 Å². The molecule has 0 aromatic heterocycles. The SMILES string of the molecule is CC(=O)NC1CC2(CCN(C[C@H]3CC[C@H]4CCC[C@@H](C4)C3)CC2)c2ccccc21. The molecule has 1 unspecified atom stereocenters. The first-order valence-electron chi connectivity index (χ1n) is 12.2. The van der Waals surface area contributed by atoms with Crippen LogP contribution in [0.3, 0.4) is 0 Å². The average molecular weight is 395 g/mol. The van der Waals surface area contributed by atoms with E-state index in [2.05, 4.69) is 34.5 Å². The van der Waals surface area contributed by atoms with Gasteiger partial charge in [0.25, 0.3) is 0 Å². The van der Waals surface area contributed by atoms with Crippen molar-refractivity contribution in [2.75, 3.05) is 19.6 Å². The van der Waals surface area contributed by atoms with Crippen molar-refractivity contribution in [2.45, 2.75) is 82.6 Å². The third kappa shape index (κ3) is 4.00. The Balaban J connectivity index is 1.23. The quantitative estimate of drug-likeness (QED) is 0.763. The number of hydrogen-bond acceptors (Lipinski definition) is 2. The molecule has 158 valence electrons. The summed E-state index contributed by atoms with van der Waals surface area (Å²) in [6, 6.07) is 9.09. The monoisotopic (exact) mass is 394 g/mol. The van der Waals surface area contributed by atoms with Gasteiger partial charge >= 0.3 is 0 Å². The van der Waals surface area contributed by atoms with Gasteiger partial charge in [0.1, 0.15) is 0 Å². The topological polar surface area (TPSA) is 32.3 Å². The number of nitrogens with zero attached hydrogens (tertiary/aromatic N) is 1. The minimum Gasteiger partial charge on any atom is -0.349 e. The van der Waals surface area contributed by atoms with Gasteiger partial charge in [-0.2, -0.15) is 0 Å². The van der Waals surface area contributed by atoms with Crippen molar-refractivity contribution < 1.29 is 4.79 Å². The third-order valence-corrected chi connectivity index (χ3v) is 8.75. The molecule has 1 heterocycles. The maximum absolute atomic E-state index is 11.7. The van der Waals surface area contributed by atoms with Crippen molar-refractivity contribution in [3.05, 3.63) is 35.4 Å². The Kier molecular flexibility index (Phi) is 5.45. The molecule has 4 aliphatic rings. The van der Waals surface area contributed by atoms with Crippen LogP contribution in [0.15, 0.2) is 24.3 Å². The van der Waals surface area contributed by atoms with E-state index in [9.17, 15) is 4.79 Å². The molecule has 1 amide bonds. The second-order valence-corrected chi connectivity index (χ2v) is 10.7. The molecule has 3 aliphatic carbocycles. The number of likely N-dealkylation sites (tertiary alicyclic amines) is 1. The Morgan fingerprint density at radius 1 is 1.07 bits per heavy atom. The fourth-order valence-corrected chi connectivity index (χ4v) is 7.38. The maximum Gasteiger partial charge on any atom is 0.217 e. The molecule has 4 atom stereocenters. The zero-order valence-corrected chi connectivity index (χ0v) is 18.2. The molecule has 3 nitrogen and oxygen atoms in total. The van der Waals surface area contributed by atoms with Gasteiger partial charge in [-0.15, -0.1) is 0 Å². The van der Waals surface area contributed by atoms with Gasteiger partial charge in [-0.25, -0.2) is 0 Å². The number of fused-ring (bicyclic) bond motifs is 4. The predicted molar refractivity (Wildman–Crippen MR) is 118 cm³/mol. The molecule has 5 rings (SSSR count). The van der Waals surface area contributed by atoms with E-state index in [1.807, 2.05) is 0 Å². The lowest BCUT2D eigenvalue weighted by atomic mass is 9.73. The van der Waals surface area contributed by atoms with Crippen LogP contribution in [-0.4, -0.2) is 30.4 Å². The maximum atomic E-state index is 11.7. The van der Waals surface area contributed by atoms with Gasteiger partial charge in [-0.05, 0) is 80.5 Å². The Morgan fingerprint density at radius 3 is 2.69 bits per heavy atom. The highest BCUT2D eigenvalue weighted by Crippen LogP contribution is 2.51. The molecule has 1 N–H and O–H groups in total. The molecule has 1 aromatic rings. The van der Waals surface area contributed by atoms with Crippen LogP contribution in [0.2, 0.25) is 0 Å². The number of carbonyl (C=O) groups excluding carboxylic acids is 1. The molecule has 1 aromatic carbocycles. The summed E-state index contributed by atoms with van der Waals surface area (Å²) in [6.07, 6.45) is 14.1. The minimum atomic E-state index is 0.0952. The Bertz CT molecular complexity index is 736. The van der Waals surface area contributed by atoms with Crippen molar-refractivity contribution in [1.82, 2.24) is 10.2 Å². The lowest BCUT2D eigenvalue weighted by Gasteiger charge is -2.41. The van der Waals surface area contributed by atoms with Crippen molar-refractivity contribution in [1.29, 1.82) is 0 Å². The summed E-state index contributed by atoms with van der Waals surface area (Å²) in [5.74, 6) is 3.10. The molecule has 1 aliphatic heterocycles. The first kappa shape index (κ1) is 19.6. The van der Waals surface area contributed by atoms with Gasteiger partial charge in [0, 0.05) is 18.9 Å². The molecular formula is C26H38N2O. The Hall–Kier alpha value is -1.35. The number of hydrogen-bond donors (Lipinski definition) is 1. The van der Waals surface area contributed by atoms with E-state index < -0.39 is 0 Å². The molecule has 0 radical (unpaired) electrons. The van der Waals surface area contributed by atoms with Gasteiger partial charge in [-0.3, -0.25) is 4.79 Å². The van der Waals surface area contributed by atoms with E-state index in [0.717, 1.165) is 24.2 Å². The van der Waals surface area contributed by atoms with Crippen LogP contribution in [0.25, 0.3) is 0 Å². The first-order chi connectivity index (χ1) is 14.1. The normalized spacial score (nSPS) is 33.8. The highest BCUT2D eigenvalue weighted by atomic mass is 16.1. The lowest BCUT2D eigenvalue weighted by Crippen LogP contribution is -2.44. The van der Waals surface area contributed by atoms with Crippen molar-refractivity contribution >= 4 is 5.91 Å². The summed E-state index contributed by atoms with van der Waals surface area (Å²) in [5.41, 5.74) is 3.16. The zero-order valence-electron chi connectivity index (χ0n) is 18.2. The lowest BCUT2D eigenvalue weighted by molar-refractivity contribution is -0.119. The summed E-state index contributed by atoms with van der Waals surface area (Å²) in [5, 5.41) is 3.22. The molecule has 2 bridgehead atoms. The van der Waals surface area contributed by atoms with Crippen LogP contribution in [0, 0.1) is 17.8 Å². The second-order valence-electron chi connectivity index (χ2n) is 10.7. The van der Waals surface area contributed by atoms with E-state index >= 15 is 0 Å². The third-order valence-electron chi connectivity index (χ3n) is 8.75. The van der Waals surface area contributed by atoms with Gasteiger partial charge in [0.05, 0.1) is 6.04 Å². The summed E-state index contributed by atoms with van der Waals surface area (Å²) < 4.78 is 0. The first-order valence-corrected chi connectivity index (χ1v) is 12.2. The molecule has 3 heteroatoms. The molecule has 1 saturated heterocycles.